The van der Waals surface area contributed by atoms with Gasteiger partial charge in [0.25, 0.3) is 0 Å². The third kappa shape index (κ3) is 9.08. The molecule has 0 N–H and O–H groups in total. The van der Waals surface area contributed by atoms with Gasteiger partial charge in [-0.15, -0.1) is 5.56 Å². The van der Waals surface area contributed by atoms with E-state index in [2.05, 4.69) is 87.5 Å². The van der Waals surface area contributed by atoms with Gasteiger partial charge in [-0.3, -0.25) is 0 Å². The SMILES string of the molecule is CCCCc1cc[cH-]c1.C[C](C)=[Zr+2].[Cl-].[Cl-].[c-]1cccc2c1Cc1ccccc1-2. The fourth-order valence-corrected chi connectivity index (χ4v) is 2.96. The van der Waals surface area contributed by atoms with E-state index in [1.807, 2.05) is 6.07 Å². The molecule has 148 valence electrons. The van der Waals surface area contributed by atoms with Crippen molar-refractivity contribution in [2.45, 2.75) is 46.5 Å². The van der Waals surface area contributed by atoms with Crippen molar-refractivity contribution in [3.8, 4) is 11.1 Å². The quantitative estimate of drug-likeness (QED) is 0.369. The summed E-state index contributed by atoms with van der Waals surface area (Å²) in [6.07, 6.45) is 4.92. The Morgan fingerprint density at radius 1 is 1.04 bits per heavy atom. The minimum Gasteiger partial charge on any atom is -1.00 e. The third-order valence-corrected chi connectivity index (χ3v) is 4.17. The van der Waals surface area contributed by atoms with Gasteiger partial charge in [-0.1, -0.05) is 61.6 Å². The van der Waals surface area contributed by atoms with Crippen molar-refractivity contribution < 1.29 is 49.0 Å². The largest absolute Gasteiger partial charge is 1.00 e. The van der Waals surface area contributed by atoms with Gasteiger partial charge >= 0.3 is 41.3 Å². The predicted octanol–water partition coefficient (Wildman–Crippen LogP) is 0.559. The Bertz CT molecular complexity index is 759. The second-order valence-electron chi connectivity index (χ2n) is 6.79. The minimum atomic E-state index is 0. The van der Waals surface area contributed by atoms with Crippen LogP contribution in [0.25, 0.3) is 11.1 Å². The standard InChI is InChI=1S/C13H9.C9H13.C3H6.2ClH.Zr/c1-3-7-12-10(5-1)9-11-6-2-4-8-13(11)12;1-2-3-6-9-7-4-5-8-9;1-3-2;;;/h1-5,7-8H,9H2;4-5,7-8H,2-3,6H2,1H3;1-2H3;2*1H;/q2*-1;;;;+2/p-2. The second kappa shape index (κ2) is 15.0. The van der Waals surface area contributed by atoms with Gasteiger partial charge in [-0.05, 0) is 6.42 Å². The molecule has 0 amide bonds. The summed E-state index contributed by atoms with van der Waals surface area (Å²) in [5.74, 6) is 0. The van der Waals surface area contributed by atoms with Crippen molar-refractivity contribution in [3.63, 3.8) is 0 Å². The summed E-state index contributed by atoms with van der Waals surface area (Å²) in [5.41, 5.74) is 6.99. The first-order valence-corrected chi connectivity index (χ1v) is 10.6. The molecular formula is C25H28Cl2Zr-2. The summed E-state index contributed by atoms with van der Waals surface area (Å²) in [5, 5.41) is 0. The Kier molecular flexibility index (Phi) is 14.6. The molecule has 1 aliphatic rings. The zero-order chi connectivity index (χ0) is 18.8. The van der Waals surface area contributed by atoms with Crippen molar-refractivity contribution in [1.29, 1.82) is 0 Å². The molecule has 0 atom stereocenters. The molecule has 0 aromatic heterocycles. The van der Waals surface area contributed by atoms with E-state index < -0.39 is 0 Å². The van der Waals surface area contributed by atoms with Gasteiger partial charge in [-0.2, -0.15) is 53.6 Å². The molecule has 3 aromatic rings. The fourth-order valence-electron chi connectivity index (χ4n) is 2.96. The molecule has 4 rings (SSSR count). The molecule has 0 aliphatic heterocycles. The van der Waals surface area contributed by atoms with Crippen LogP contribution in [0.15, 0.2) is 66.7 Å². The molecule has 0 saturated carbocycles. The van der Waals surface area contributed by atoms with Crippen LogP contribution in [0, 0.1) is 6.07 Å². The number of aryl methyl sites for hydroxylation is 1. The smallest absolute Gasteiger partial charge is 0.0253 e. The zero-order valence-corrected chi connectivity index (χ0v) is 20.9. The summed E-state index contributed by atoms with van der Waals surface area (Å²) < 4.78 is 1.51. The molecule has 0 saturated heterocycles. The normalized spacial score (nSPS) is 9.89. The summed E-state index contributed by atoms with van der Waals surface area (Å²) in [7, 11) is 0. The first-order chi connectivity index (χ1) is 12.6. The van der Waals surface area contributed by atoms with Gasteiger partial charge in [-0.25, -0.2) is 6.07 Å². The molecule has 0 spiro atoms. The number of halogens is 2. The molecule has 0 unspecified atom stereocenters. The van der Waals surface area contributed by atoms with Crippen molar-refractivity contribution in [2.24, 2.45) is 0 Å². The van der Waals surface area contributed by atoms with Crippen LogP contribution in [0.2, 0.25) is 0 Å². The van der Waals surface area contributed by atoms with Gasteiger partial charge in [0.2, 0.25) is 0 Å². The Balaban J connectivity index is 0.000000432. The van der Waals surface area contributed by atoms with E-state index in [0.29, 0.717) is 0 Å². The number of fused-ring (bicyclic) bond motifs is 3. The number of hydrogen-bond acceptors (Lipinski definition) is 0. The third-order valence-electron chi connectivity index (χ3n) is 4.17. The maximum Gasteiger partial charge on any atom is -0.0253 e. The molecular weight excluding hydrogens is 462 g/mol. The van der Waals surface area contributed by atoms with Crippen molar-refractivity contribution in [1.82, 2.24) is 0 Å². The number of benzene rings is 2. The van der Waals surface area contributed by atoms with E-state index in [1.54, 1.807) is 24.2 Å². The summed E-state index contributed by atoms with van der Waals surface area (Å²) >= 11 is 1.55. The molecule has 0 nitrogen and oxygen atoms in total. The first-order valence-electron chi connectivity index (χ1n) is 9.42. The van der Waals surface area contributed by atoms with Crippen molar-refractivity contribution >= 4 is 3.21 Å². The molecule has 0 bridgehead atoms. The summed E-state index contributed by atoms with van der Waals surface area (Å²) in [4.78, 5) is 0. The predicted molar refractivity (Wildman–Crippen MR) is 111 cm³/mol. The molecule has 0 radical (unpaired) electrons. The van der Waals surface area contributed by atoms with Crippen LogP contribution in [0.1, 0.15) is 50.3 Å². The second-order valence-corrected chi connectivity index (χ2v) is 9.25. The van der Waals surface area contributed by atoms with Crippen LogP contribution in [0.5, 0.6) is 0 Å². The molecule has 0 heterocycles. The van der Waals surface area contributed by atoms with E-state index in [-0.39, 0.29) is 24.8 Å². The molecule has 3 heteroatoms. The Morgan fingerprint density at radius 2 is 1.71 bits per heavy atom. The number of rotatable bonds is 3. The van der Waals surface area contributed by atoms with E-state index in [4.69, 9.17) is 0 Å². The average Bonchev–Trinajstić information content (AvgIpc) is 3.27. The maximum absolute atomic E-state index is 3.30. The average molecular weight is 491 g/mol. The van der Waals surface area contributed by atoms with Crippen LogP contribution < -0.4 is 24.8 Å². The molecule has 28 heavy (non-hydrogen) atoms. The van der Waals surface area contributed by atoms with Crippen LogP contribution in [-0.4, -0.2) is 3.21 Å². The van der Waals surface area contributed by atoms with E-state index in [9.17, 15) is 0 Å². The minimum absolute atomic E-state index is 0. The first kappa shape index (κ1) is 27.1. The van der Waals surface area contributed by atoms with Gasteiger partial charge in [0.15, 0.2) is 0 Å². The number of hydrogen-bond donors (Lipinski definition) is 0. The van der Waals surface area contributed by atoms with Crippen LogP contribution in [-0.2, 0) is 37.1 Å². The number of unbranched alkanes of at least 4 members (excludes halogenated alkanes) is 1. The van der Waals surface area contributed by atoms with Crippen LogP contribution >= 0.6 is 0 Å². The Morgan fingerprint density at radius 3 is 2.36 bits per heavy atom. The Hall–Kier alpha value is -0.877. The maximum atomic E-state index is 3.30. The van der Waals surface area contributed by atoms with E-state index >= 15 is 0 Å². The Labute approximate surface area is 198 Å². The monoisotopic (exact) mass is 488 g/mol. The summed E-state index contributed by atoms with van der Waals surface area (Å²) in [6.45, 7) is 6.47. The fraction of sp³-hybridized carbons (Fsp3) is 0.280. The zero-order valence-electron chi connectivity index (χ0n) is 16.9. The van der Waals surface area contributed by atoms with Gasteiger partial charge in [0.05, 0.1) is 0 Å². The van der Waals surface area contributed by atoms with E-state index in [1.165, 1.54) is 50.3 Å². The van der Waals surface area contributed by atoms with Gasteiger partial charge in [0, 0.05) is 0 Å². The topological polar surface area (TPSA) is 0 Å². The van der Waals surface area contributed by atoms with Crippen molar-refractivity contribution in [3.05, 3.63) is 89.5 Å². The van der Waals surface area contributed by atoms with Gasteiger partial charge < -0.3 is 24.8 Å². The van der Waals surface area contributed by atoms with Gasteiger partial charge in [0.1, 0.15) is 0 Å². The molecule has 3 aromatic carbocycles. The molecule has 0 fully saturated rings. The van der Waals surface area contributed by atoms with Crippen LogP contribution in [0.4, 0.5) is 0 Å². The molecule has 1 aliphatic carbocycles. The van der Waals surface area contributed by atoms with E-state index in [0.717, 1.165) is 6.42 Å². The van der Waals surface area contributed by atoms with Crippen molar-refractivity contribution in [2.75, 3.05) is 0 Å². The van der Waals surface area contributed by atoms with Crippen LogP contribution in [0.3, 0.4) is 0 Å². The summed E-state index contributed by atoms with van der Waals surface area (Å²) in [6, 6.07) is 26.7.